The summed E-state index contributed by atoms with van der Waals surface area (Å²) in [4.78, 5) is 2.46. The van der Waals surface area contributed by atoms with E-state index in [4.69, 9.17) is 0 Å². The van der Waals surface area contributed by atoms with Crippen LogP contribution in [-0.2, 0) is 19.6 Å². The Morgan fingerprint density at radius 1 is 1.29 bits per heavy atom. The summed E-state index contributed by atoms with van der Waals surface area (Å²) in [5.74, 6) is 0. The number of aryl methyl sites for hydroxylation is 1. The fraction of sp³-hybridized carbons (Fsp3) is 0.471. The predicted molar refractivity (Wildman–Crippen MR) is 86.3 cm³/mol. The molecule has 2 heterocycles. The molecule has 0 aliphatic carbocycles. The molecule has 0 bridgehead atoms. The molecule has 1 aromatic carbocycles. The second-order valence-corrected chi connectivity index (χ2v) is 6.43. The Morgan fingerprint density at radius 3 is 2.86 bits per heavy atom. The van der Waals surface area contributed by atoms with Crippen LogP contribution in [0.25, 0.3) is 0 Å². The van der Waals surface area contributed by atoms with Gasteiger partial charge in [-0.2, -0.15) is 5.10 Å². The van der Waals surface area contributed by atoms with Crippen LogP contribution in [-0.4, -0.2) is 21.9 Å². The lowest BCUT2D eigenvalue weighted by Gasteiger charge is -2.31. The van der Waals surface area contributed by atoms with E-state index in [9.17, 15) is 0 Å². The number of fused-ring (bicyclic) bond motifs is 1. The molecule has 1 aromatic heterocycles. The van der Waals surface area contributed by atoms with Gasteiger partial charge in [0.15, 0.2) is 0 Å². The minimum absolute atomic E-state index is 0.0970. The summed E-state index contributed by atoms with van der Waals surface area (Å²) >= 11 is 0. The quantitative estimate of drug-likeness (QED) is 0.941. The van der Waals surface area contributed by atoms with Crippen molar-refractivity contribution < 1.29 is 0 Å². The summed E-state index contributed by atoms with van der Waals surface area (Å²) in [5, 5.41) is 8.04. The van der Waals surface area contributed by atoms with Gasteiger partial charge in [0, 0.05) is 49.2 Å². The third-order valence-electron chi connectivity index (χ3n) is 4.06. The lowest BCUT2D eigenvalue weighted by atomic mass is 10.1. The number of anilines is 1. The molecule has 1 N–H and O–H groups in total. The highest BCUT2D eigenvalue weighted by Gasteiger charge is 2.26. The molecule has 4 heteroatoms. The van der Waals surface area contributed by atoms with E-state index < -0.39 is 0 Å². The van der Waals surface area contributed by atoms with Crippen LogP contribution in [0.2, 0.25) is 0 Å². The largest absolute Gasteiger partial charge is 0.365 e. The lowest BCUT2D eigenvalue weighted by molar-refractivity contribution is 0.395. The van der Waals surface area contributed by atoms with Gasteiger partial charge in [0.25, 0.3) is 0 Å². The average Bonchev–Trinajstić information content (AvgIpc) is 2.87. The molecule has 2 aromatic rings. The van der Waals surface area contributed by atoms with Crippen molar-refractivity contribution in [2.45, 2.75) is 45.9 Å². The van der Waals surface area contributed by atoms with Crippen molar-refractivity contribution in [1.82, 2.24) is 15.1 Å². The van der Waals surface area contributed by atoms with E-state index in [0.29, 0.717) is 0 Å². The zero-order valence-electron chi connectivity index (χ0n) is 13.1. The van der Waals surface area contributed by atoms with Crippen LogP contribution in [0.15, 0.2) is 36.7 Å². The molecule has 0 radical (unpaired) electrons. The highest BCUT2D eigenvalue weighted by atomic mass is 15.3. The Bertz CT molecular complexity index is 615. The van der Waals surface area contributed by atoms with Crippen molar-refractivity contribution in [3.8, 4) is 0 Å². The smallest absolute Gasteiger partial charge is 0.0539 e. The minimum Gasteiger partial charge on any atom is -0.365 e. The topological polar surface area (TPSA) is 33.1 Å². The Balaban J connectivity index is 1.90. The summed E-state index contributed by atoms with van der Waals surface area (Å²) in [7, 11) is 0. The molecule has 0 saturated heterocycles. The predicted octanol–water partition coefficient (Wildman–Crippen LogP) is 2.79. The zero-order valence-corrected chi connectivity index (χ0v) is 13.1. The van der Waals surface area contributed by atoms with Gasteiger partial charge >= 0.3 is 0 Å². The van der Waals surface area contributed by atoms with E-state index in [-0.39, 0.29) is 5.54 Å². The van der Waals surface area contributed by atoms with E-state index in [2.05, 4.69) is 66.5 Å². The number of nitrogens with one attached hydrogen (secondary N) is 1. The van der Waals surface area contributed by atoms with Crippen molar-refractivity contribution in [3.05, 3.63) is 47.8 Å². The van der Waals surface area contributed by atoms with Gasteiger partial charge in [-0.1, -0.05) is 18.2 Å². The van der Waals surface area contributed by atoms with Gasteiger partial charge in [-0.15, -0.1) is 0 Å². The molecule has 0 unspecified atom stereocenters. The van der Waals surface area contributed by atoms with E-state index in [1.165, 1.54) is 16.8 Å². The first-order chi connectivity index (χ1) is 10.1. The molecule has 0 saturated carbocycles. The van der Waals surface area contributed by atoms with Gasteiger partial charge in [0.2, 0.25) is 0 Å². The summed E-state index contributed by atoms with van der Waals surface area (Å²) in [6.07, 6.45) is 4.13. The third kappa shape index (κ3) is 3.10. The number of aromatic nitrogens is 2. The second kappa shape index (κ2) is 5.53. The molecular weight excluding hydrogens is 260 g/mol. The third-order valence-corrected chi connectivity index (χ3v) is 4.06. The molecule has 0 spiro atoms. The van der Waals surface area contributed by atoms with Gasteiger partial charge in [0.05, 0.1) is 6.20 Å². The van der Waals surface area contributed by atoms with E-state index in [1.807, 2.05) is 10.9 Å². The fourth-order valence-electron chi connectivity index (χ4n) is 2.94. The van der Waals surface area contributed by atoms with Gasteiger partial charge in [-0.25, -0.2) is 0 Å². The van der Waals surface area contributed by atoms with Crippen LogP contribution in [0.5, 0.6) is 0 Å². The normalized spacial score (nSPS) is 17.4. The van der Waals surface area contributed by atoms with Crippen LogP contribution < -0.4 is 10.2 Å². The first-order valence-electron chi connectivity index (χ1n) is 7.66. The molecule has 4 nitrogen and oxygen atoms in total. The molecule has 112 valence electrons. The first kappa shape index (κ1) is 14.1. The number of rotatable bonds is 3. The average molecular weight is 284 g/mol. The Labute approximate surface area is 126 Å². The number of hydrogen-bond acceptors (Lipinski definition) is 3. The highest BCUT2D eigenvalue weighted by molar-refractivity contribution is 5.55. The van der Waals surface area contributed by atoms with Gasteiger partial charge in [0.1, 0.15) is 0 Å². The SMILES string of the molecule is CCn1cc(CN2CC(C)(C)NCc3ccccc32)cn1. The fourth-order valence-corrected chi connectivity index (χ4v) is 2.94. The number of hydrogen-bond donors (Lipinski definition) is 1. The minimum atomic E-state index is 0.0970. The Hall–Kier alpha value is -1.81. The standard InChI is InChI=1S/C17H24N4/c1-4-21-12-14(9-19-21)11-20-13-17(2,3)18-10-15-7-5-6-8-16(15)20/h5-9,12,18H,4,10-11,13H2,1-3H3. The number of para-hydroxylation sites is 1. The monoisotopic (exact) mass is 284 g/mol. The van der Waals surface area contributed by atoms with Crippen LogP contribution in [0.3, 0.4) is 0 Å². The Kier molecular flexibility index (Phi) is 3.72. The van der Waals surface area contributed by atoms with Crippen LogP contribution >= 0.6 is 0 Å². The molecule has 1 aliphatic heterocycles. The van der Waals surface area contributed by atoms with Crippen molar-refractivity contribution in [1.29, 1.82) is 0 Å². The van der Waals surface area contributed by atoms with Crippen LogP contribution in [0, 0.1) is 0 Å². The van der Waals surface area contributed by atoms with E-state index in [1.54, 1.807) is 0 Å². The van der Waals surface area contributed by atoms with Crippen molar-refractivity contribution >= 4 is 5.69 Å². The molecule has 1 aliphatic rings. The maximum atomic E-state index is 4.39. The Morgan fingerprint density at radius 2 is 2.10 bits per heavy atom. The van der Waals surface area contributed by atoms with Crippen LogP contribution in [0.4, 0.5) is 5.69 Å². The lowest BCUT2D eigenvalue weighted by Crippen LogP contribution is -2.46. The molecular formula is C17H24N4. The summed E-state index contributed by atoms with van der Waals surface area (Å²) in [6.45, 7) is 10.4. The number of benzene rings is 1. The zero-order chi connectivity index (χ0) is 14.9. The van der Waals surface area contributed by atoms with Crippen molar-refractivity contribution in [2.75, 3.05) is 11.4 Å². The maximum Gasteiger partial charge on any atom is 0.0539 e. The van der Waals surface area contributed by atoms with E-state index in [0.717, 1.165) is 26.2 Å². The molecule has 0 amide bonds. The van der Waals surface area contributed by atoms with E-state index >= 15 is 0 Å². The van der Waals surface area contributed by atoms with Gasteiger partial charge in [-0.05, 0) is 32.4 Å². The summed E-state index contributed by atoms with van der Waals surface area (Å²) in [5.41, 5.74) is 4.06. The van der Waals surface area contributed by atoms with Gasteiger partial charge < -0.3 is 10.2 Å². The second-order valence-electron chi connectivity index (χ2n) is 6.43. The molecule has 21 heavy (non-hydrogen) atoms. The molecule has 0 atom stereocenters. The molecule has 3 rings (SSSR count). The highest BCUT2D eigenvalue weighted by Crippen LogP contribution is 2.27. The number of nitrogens with zero attached hydrogens (tertiary/aromatic N) is 3. The van der Waals surface area contributed by atoms with Crippen molar-refractivity contribution in [3.63, 3.8) is 0 Å². The summed E-state index contributed by atoms with van der Waals surface area (Å²) in [6, 6.07) is 8.68. The molecule has 0 fully saturated rings. The van der Waals surface area contributed by atoms with Crippen molar-refractivity contribution in [2.24, 2.45) is 0 Å². The van der Waals surface area contributed by atoms with Gasteiger partial charge in [-0.3, -0.25) is 4.68 Å². The van der Waals surface area contributed by atoms with Crippen LogP contribution in [0.1, 0.15) is 31.9 Å². The maximum absolute atomic E-state index is 4.39. The summed E-state index contributed by atoms with van der Waals surface area (Å²) < 4.78 is 1.99. The first-order valence-corrected chi connectivity index (χ1v) is 7.66.